The lowest BCUT2D eigenvalue weighted by Gasteiger charge is -2.33. The fraction of sp³-hybridized carbons (Fsp3) is 0.647. The molecule has 2 fully saturated rings. The number of morpholine rings is 1. The van der Waals surface area contributed by atoms with Crippen LogP contribution in [0.3, 0.4) is 0 Å². The van der Waals surface area contributed by atoms with Gasteiger partial charge in [-0.15, -0.1) is 0 Å². The molecule has 3 heteroatoms. The van der Waals surface area contributed by atoms with E-state index < -0.39 is 0 Å². The Balaban J connectivity index is 1.46. The van der Waals surface area contributed by atoms with Gasteiger partial charge < -0.3 is 10.1 Å². The van der Waals surface area contributed by atoms with Gasteiger partial charge in [-0.3, -0.25) is 4.90 Å². The largest absolute Gasteiger partial charge is 0.374 e. The van der Waals surface area contributed by atoms with Crippen LogP contribution in [-0.4, -0.2) is 43.3 Å². The van der Waals surface area contributed by atoms with Crippen molar-refractivity contribution in [2.75, 3.05) is 26.2 Å². The van der Waals surface area contributed by atoms with E-state index >= 15 is 0 Å². The lowest BCUT2D eigenvalue weighted by Crippen LogP contribution is -2.47. The summed E-state index contributed by atoms with van der Waals surface area (Å²) in [5, 5.41) is 3.57. The number of ether oxygens (including phenoxy) is 1. The second-order valence-corrected chi connectivity index (χ2v) is 6.21. The van der Waals surface area contributed by atoms with E-state index in [9.17, 15) is 0 Å². The van der Waals surface area contributed by atoms with E-state index in [1.165, 1.54) is 29.5 Å². The van der Waals surface area contributed by atoms with Crippen LogP contribution in [0.2, 0.25) is 0 Å². The van der Waals surface area contributed by atoms with E-state index in [1.807, 2.05) is 0 Å². The van der Waals surface area contributed by atoms with E-state index in [0.29, 0.717) is 6.10 Å². The van der Waals surface area contributed by atoms with Crippen LogP contribution in [0, 0.1) is 13.8 Å². The highest BCUT2D eigenvalue weighted by molar-refractivity contribution is 5.32. The Bertz CT molecular complexity index is 456. The van der Waals surface area contributed by atoms with Gasteiger partial charge in [0.1, 0.15) is 0 Å². The molecule has 1 saturated heterocycles. The molecule has 3 rings (SSSR count). The van der Waals surface area contributed by atoms with Crippen LogP contribution >= 0.6 is 0 Å². The second-order valence-electron chi connectivity index (χ2n) is 6.21. The molecule has 0 spiro atoms. The minimum atomic E-state index is 0.356. The fourth-order valence-electron chi connectivity index (χ4n) is 3.01. The van der Waals surface area contributed by atoms with Crippen molar-refractivity contribution in [3.05, 3.63) is 34.9 Å². The molecule has 0 radical (unpaired) electrons. The Kier molecular flexibility index (Phi) is 4.39. The van der Waals surface area contributed by atoms with Crippen molar-refractivity contribution in [3.63, 3.8) is 0 Å². The third-order valence-corrected chi connectivity index (χ3v) is 4.64. The van der Waals surface area contributed by atoms with E-state index in [4.69, 9.17) is 4.74 Å². The Morgan fingerprint density at radius 1 is 1.30 bits per heavy atom. The lowest BCUT2D eigenvalue weighted by atomic mass is 10.0. The quantitative estimate of drug-likeness (QED) is 0.891. The Morgan fingerprint density at radius 3 is 2.95 bits per heavy atom. The van der Waals surface area contributed by atoms with Crippen LogP contribution in [0.1, 0.15) is 29.5 Å². The Labute approximate surface area is 122 Å². The summed E-state index contributed by atoms with van der Waals surface area (Å²) in [7, 11) is 0. The van der Waals surface area contributed by atoms with Gasteiger partial charge in [0.2, 0.25) is 0 Å². The van der Waals surface area contributed by atoms with Crippen LogP contribution in [0.15, 0.2) is 18.2 Å². The summed E-state index contributed by atoms with van der Waals surface area (Å²) in [6, 6.07) is 7.40. The molecule has 1 unspecified atom stereocenters. The van der Waals surface area contributed by atoms with Gasteiger partial charge in [0.05, 0.1) is 12.7 Å². The van der Waals surface area contributed by atoms with Gasteiger partial charge in [-0.05, 0) is 43.4 Å². The van der Waals surface area contributed by atoms with Crippen LogP contribution in [-0.2, 0) is 11.3 Å². The maximum Gasteiger partial charge on any atom is 0.0826 e. The normalized spacial score (nSPS) is 24.0. The fourth-order valence-corrected chi connectivity index (χ4v) is 3.01. The zero-order chi connectivity index (χ0) is 13.9. The summed E-state index contributed by atoms with van der Waals surface area (Å²) in [5.41, 5.74) is 4.18. The summed E-state index contributed by atoms with van der Waals surface area (Å²) in [6.45, 7) is 9.40. The predicted octanol–water partition coefficient (Wildman–Crippen LogP) is 2.26. The maximum absolute atomic E-state index is 5.87. The second kappa shape index (κ2) is 6.25. The SMILES string of the molecule is Cc1cccc(CNCC2CN(C3CC3)CCO2)c1C. The molecule has 1 saturated carbocycles. The molecule has 0 bridgehead atoms. The van der Waals surface area contributed by atoms with E-state index in [2.05, 4.69) is 42.3 Å². The molecule has 1 N–H and O–H groups in total. The van der Waals surface area contributed by atoms with E-state index in [0.717, 1.165) is 38.8 Å². The summed E-state index contributed by atoms with van der Waals surface area (Å²) in [5.74, 6) is 0. The van der Waals surface area contributed by atoms with Crippen molar-refractivity contribution in [2.45, 2.75) is 45.4 Å². The molecule has 1 aromatic carbocycles. The highest BCUT2D eigenvalue weighted by Gasteiger charge is 2.32. The molecule has 1 aliphatic carbocycles. The molecule has 0 amide bonds. The molecular formula is C17H26N2O. The molecule has 0 aromatic heterocycles. The monoisotopic (exact) mass is 274 g/mol. The maximum atomic E-state index is 5.87. The standard InChI is InChI=1S/C17H26N2O/c1-13-4-3-5-15(14(13)2)10-18-11-17-12-19(8-9-20-17)16-6-7-16/h3-5,16-18H,6-12H2,1-2H3. The van der Waals surface area contributed by atoms with Gasteiger partial charge in [-0.25, -0.2) is 0 Å². The molecule has 3 nitrogen and oxygen atoms in total. The summed E-state index contributed by atoms with van der Waals surface area (Å²) >= 11 is 0. The first-order valence-electron chi connectivity index (χ1n) is 7.85. The van der Waals surface area contributed by atoms with Crippen molar-refractivity contribution in [1.82, 2.24) is 10.2 Å². The molecule has 1 atom stereocenters. The molecule has 2 aliphatic rings. The average molecular weight is 274 g/mol. The highest BCUT2D eigenvalue weighted by Crippen LogP contribution is 2.28. The summed E-state index contributed by atoms with van der Waals surface area (Å²) < 4.78 is 5.87. The molecule has 1 aromatic rings. The van der Waals surface area contributed by atoms with Gasteiger partial charge in [0.15, 0.2) is 0 Å². The van der Waals surface area contributed by atoms with Gasteiger partial charge in [0, 0.05) is 32.2 Å². The van der Waals surface area contributed by atoms with Crippen molar-refractivity contribution >= 4 is 0 Å². The smallest absolute Gasteiger partial charge is 0.0826 e. The first-order chi connectivity index (χ1) is 9.74. The zero-order valence-electron chi connectivity index (χ0n) is 12.7. The summed E-state index contributed by atoms with van der Waals surface area (Å²) in [4.78, 5) is 2.60. The Hall–Kier alpha value is -0.900. The molecule has 20 heavy (non-hydrogen) atoms. The molecule has 110 valence electrons. The van der Waals surface area contributed by atoms with Crippen LogP contribution in [0.5, 0.6) is 0 Å². The first kappa shape index (κ1) is 14.1. The van der Waals surface area contributed by atoms with Gasteiger partial charge >= 0.3 is 0 Å². The van der Waals surface area contributed by atoms with Crippen LogP contribution < -0.4 is 5.32 Å². The molecule has 1 heterocycles. The number of benzene rings is 1. The van der Waals surface area contributed by atoms with Crippen molar-refractivity contribution < 1.29 is 4.74 Å². The van der Waals surface area contributed by atoms with Gasteiger partial charge in [-0.2, -0.15) is 0 Å². The van der Waals surface area contributed by atoms with E-state index in [-0.39, 0.29) is 0 Å². The van der Waals surface area contributed by atoms with Gasteiger partial charge in [-0.1, -0.05) is 18.2 Å². The van der Waals surface area contributed by atoms with E-state index in [1.54, 1.807) is 0 Å². The minimum Gasteiger partial charge on any atom is -0.374 e. The zero-order valence-corrected chi connectivity index (χ0v) is 12.7. The number of rotatable bonds is 5. The third-order valence-electron chi connectivity index (χ3n) is 4.64. The number of hydrogen-bond acceptors (Lipinski definition) is 3. The molecular weight excluding hydrogens is 248 g/mol. The predicted molar refractivity (Wildman–Crippen MR) is 82.0 cm³/mol. The summed E-state index contributed by atoms with van der Waals surface area (Å²) in [6.07, 6.45) is 3.14. The number of nitrogens with zero attached hydrogens (tertiary/aromatic N) is 1. The Morgan fingerprint density at radius 2 is 2.15 bits per heavy atom. The third kappa shape index (κ3) is 3.40. The van der Waals surface area contributed by atoms with Gasteiger partial charge in [0.25, 0.3) is 0 Å². The lowest BCUT2D eigenvalue weighted by molar-refractivity contribution is -0.0301. The number of hydrogen-bond donors (Lipinski definition) is 1. The molecule has 1 aliphatic heterocycles. The van der Waals surface area contributed by atoms with Crippen molar-refractivity contribution in [2.24, 2.45) is 0 Å². The van der Waals surface area contributed by atoms with Crippen LogP contribution in [0.25, 0.3) is 0 Å². The van der Waals surface area contributed by atoms with Crippen LogP contribution in [0.4, 0.5) is 0 Å². The minimum absolute atomic E-state index is 0.356. The number of aryl methyl sites for hydroxylation is 1. The highest BCUT2D eigenvalue weighted by atomic mass is 16.5. The average Bonchev–Trinajstić information content (AvgIpc) is 3.28. The van der Waals surface area contributed by atoms with Crippen molar-refractivity contribution in [3.8, 4) is 0 Å². The first-order valence-corrected chi connectivity index (χ1v) is 7.85. The number of nitrogens with one attached hydrogen (secondary N) is 1. The topological polar surface area (TPSA) is 24.5 Å². The van der Waals surface area contributed by atoms with Crippen molar-refractivity contribution in [1.29, 1.82) is 0 Å².